The Hall–Kier alpha value is -1.20. The van der Waals surface area contributed by atoms with Crippen LogP contribution in [0.4, 0.5) is 8.78 Å². The molecule has 5 heteroatoms. The van der Waals surface area contributed by atoms with Crippen LogP contribution in [0.15, 0.2) is 18.2 Å². The van der Waals surface area contributed by atoms with E-state index in [1.165, 1.54) is 6.07 Å². The molecular weight excluding hydrogens is 226 g/mol. The van der Waals surface area contributed by atoms with Crippen LogP contribution < -0.4 is 10.1 Å². The Bertz CT molecular complexity index is 368. The van der Waals surface area contributed by atoms with E-state index in [4.69, 9.17) is 4.74 Å². The van der Waals surface area contributed by atoms with Crippen LogP contribution in [0.2, 0.25) is 0 Å². The van der Waals surface area contributed by atoms with Crippen LogP contribution in [0.1, 0.15) is 0 Å². The lowest BCUT2D eigenvalue weighted by Gasteiger charge is -2.26. The van der Waals surface area contributed by atoms with Gasteiger partial charge < -0.3 is 10.1 Å². The molecule has 0 aliphatic carbocycles. The molecule has 0 atom stereocenters. The molecule has 1 fully saturated rings. The van der Waals surface area contributed by atoms with Crippen molar-refractivity contribution < 1.29 is 13.5 Å². The molecule has 0 radical (unpaired) electrons. The Balaban J connectivity index is 1.75. The first-order chi connectivity index (χ1) is 8.25. The molecule has 17 heavy (non-hydrogen) atoms. The maximum Gasteiger partial charge on any atom is 0.162 e. The highest BCUT2D eigenvalue weighted by molar-refractivity contribution is 5.23. The molecule has 0 unspecified atom stereocenters. The van der Waals surface area contributed by atoms with Gasteiger partial charge in [0.05, 0.1) is 0 Å². The van der Waals surface area contributed by atoms with E-state index in [-0.39, 0.29) is 0 Å². The predicted octanol–water partition coefficient (Wildman–Crippen LogP) is 1.25. The first-order valence-electron chi connectivity index (χ1n) is 5.76. The van der Waals surface area contributed by atoms with Gasteiger partial charge in [-0.25, -0.2) is 8.78 Å². The molecule has 0 bridgehead atoms. The molecule has 3 nitrogen and oxygen atoms in total. The van der Waals surface area contributed by atoms with Gasteiger partial charge in [0.1, 0.15) is 12.4 Å². The zero-order valence-corrected chi connectivity index (χ0v) is 9.59. The summed E-state index contributed by atoms with van der Waals surface area (Å²) < 4.78 is 30.9. The number of hydrogen-bond donors (Lipinski definition) is 1. The first kappa shape index (κ1) is 12.3. The van der Waals surface area contributed by atoms with E-state index in [2.05, 4.69) is 10.2 Å². The second-order valence-corrected chi connectivity index (χ2v) is 4.02. The van der Waals surface area contributed by atoms with Crippen LogP contribution >= 0.6 is 0 Å². The van der Waals surface area contributed by atoms with Crippen molar-refractivity contribution in [2.45, 2.75) is 0 Å². The number of nitrogens with zero attached hydrogens (tertiary/aromatic N) is 1. The zero-order chi connectivity index (χ0) is 12.1. The van der Waals surface area contributed by atoms with E-state index in [0.717, 1.165) is 44.9 Å². The van der Waals surface area contributed by atoms with E-state index in [1.54, 1.807) is 0 Å². The van der Waals surface area contributed by atoms with Gasteiger partial charge in [-0.3, -0.25) is 4.90 Å². The van der Waals surface area contributed by atoms with E-state index in [9.17, 15) is 8.78 Å². The molecule has 1 heterocycles. The summed E-state index contributed by atoms with van der Waals surface area (Å²) in [6, 6.07) is 3.60. The number of hydrogen-bond acceptors (Lipinski definition) is 3. The third-order valence-electron chi connectivity index (χ3n) is 2.78. The molecule has 0 aromatic heterocycles. The minimum Gasteiger partial charge on any atom is -0.492 e. The van der Waals surface area contributed by atoms with Crippen molar-refractivity contribution >= 4 is 0 Å². The van der Waals surface area contributed by atoms with Crippen molar-refractivity contribution in [2.75, 3.05) is 39.3 Å². The largest absolute Gasteiger partial charge is 0.492 e. The summed E-state index contributed by atoms with van der Waals surface area (Å²) >= 11 is 0. The third kappa shape index (κ3) is 3.64. The average Bonchev–Trinajstić information content (AvgIpc) is 2.35. The van der Waals surface area contributed by atoms with E-state index < -0.39 is 11.6 Å². The summed E-state index contributed by atoms with van der Waals surface area (Å²) in [5.41, 5.74) is 0. The van der Waals surface area contributed by atoms with Gasteiger partial charge in [-0.15, -0.1) is 0 Å². The van der Waals surface area contributed by atoms with Crippen molar-refractivity contribution in [2.24, 2.45) is 0 Å². The normalized spacial score (nSPS) is 17.1. The van der Waals surface area contributed by atoms with Gasteiger partial charge in [0.25, 0.3) is 0 Å². The molecule has 1 saturated heterocycles. The van der Waals surface area contributed by atoms with Gasteiger partial charge in [0, 0.05) is 38.8 Å². The number of nitrogens with one attached hydrogen (secondary N) is 1. The van der Waals surface area contributed by atoms with Gasteiger partial charge in [0.2, 0.25) is 0 Å². The Morgan fingerprint density at radius 3 is 2.65 bits per heavy atom. The quantitative estimate of drug-likeness (QED) is 0.860. The number of benzene rings is 1. The lowest BCUT2D eigenvalue weighted by Crippen LogP contribution is -2.44. The molecule has 94 valence electrons. The molecule has 0 spiro atoms. The lowest BCUT2D eigenvalue weighted by atomic mass is 10.3. The smallest absolute Gasteiger partial charge is 0.162 e. The van der Waals surface area contributed by atoms with Crippen molar-refractivity contribution in [3.8, 4) is 5.75 Å². The molecule has 1 N–H and O–H groups in total. The summed E-state index contributed by atoms with van der Waals surface area (Å²) in [4.78, 5) is 2.27. The molecule has 0 amide bonds. The van der Waals surface area contributed by atoms with Gasteiger partial charge in [-0.1, -0.05) is 0 Å². The fraction of sp³-hybridized carbons (Fsp3) is 0.500. The monoisotopic (exact) mass is 242 g/mol. The Morgan fingerprint density at radius 2 is 1.94 bits per heavy atom. The molecule has 0 saturated carbocycles. The van der Waals surface area contributed by atoms with Crippen LogP contribution in [-0.4, -0.2) is 44.2 Å². The van der Waals surface area contributed by atoms with Crippen LogP contribution in [0.25, 0.3) is 0 Å². The average molecular weight is 242 g/mol. The SMILES string of the molecule is Fc1ccc(OCCN2CCNCC2)cc1F. The first-order valence-corrected chi connectivity index (χ1v) is 5.76. The van der Waals surface area contributed by atoms with E-state index in [0.29, 0.717) is 12.4 Å². The second-order valence-electron chi connectivity index (χ2n) is 4.02. The number of rotatable bonds is 4. The Morgan fingerprint density at radius 1 is 1.18 bits per heavy atom. The third-order valence-corrected chi connectivity index (χ3v) is 2.78. The van der Waals surface area contributed by atoms with Crippen molar-refractivity contribution in [3.63, 3.8) is 0 Å². The summed E-state index contributed by atoms with van der Waals surface area (Å²) in [7, 11) is 0. The standard InChI is InChI=1S/C12H16F2N2O/c13-11-2-1-10(9-12(11)14)17-8-7-16-5-3-15-4-6-16/h1-2,9,15H,3-8H2. The highest BCUT2D eigenvalue weighted by atomic mass is 19.2. The van der Waals surface area contributed by atoms with Crippen LogP contribution in [0.3, 0.4) is 0 Å². The maximum atomic E-state index is 12.9. The molecule has 1 aromatic carbocycles. The van der Waals surface area contributed by atoms with Crippen LogP contribution in [0.5, 0.6) is 5.75 Å². The highest BCUT2D eigenvalue weighted by Crippen LogP contribution is 2.15. The molecule has 2 rings (SSSR count). The second kappa shape index (κ2) is 5.93. The molecule has 1 aliphatic rings. The lowest BCUT2D eigenvalue weighted by molar-refractivity contribution is 0.191. The summed E-state index contributed by atoms with van der Waals surface area (Å²) in [6.07, 6.45) is 0. The van der Waals surface area contributed by atoms with Gasteiger partial charge in [-0.05, 0) is 12.1 Å². The maximum absolute atomic E-state index is 12.9. The van der Waals surface area contributed by atoms with Crippen LogP contribution in [0, 0.1) is 11.6 Å². The fourth-order valence-corrected chi connectivity index (χ4v) is 1.79. The van der Waals surface area contributed by atoms with Crippen molar-refractivity contribution in [1.29, 1.82) is 0 Å². The van der Waals surface area contributed by atoms with Gasteiger partial charge in [0.15, 0.2) is 11.6 Å². The minimum atomic E-state index is -0.871. The summed E-state index contributed by atoms with van der Waals surface area (Å²) in [5, 5.41) is 3.26. The summed E-state index contributed by atoms with van der Waals surface area (Å²) in [5.74, 6) is -1.34. The van der Waals surface area contributed by atoms with Crippen molar-refractivity contribution in [3.05, 3.63) is 29.8 Å². The Labute approximate surface area is 99.4 Å². The van der Waals surface area contributed by atoms with Crippen LogP contribution in [-0.2, 0) is 0 Å². The van der Waals surface area contributed by atoms with E-state index >= 15 is 0 Å². The summed E-state index contributed by atoms with van der Waals surface area (Å²) in [6.45, 7) is 5.28. The number of halogens is 2. The topological polar surface area (TPSA) is 24.5 Å². The van der Waals surface area contributed by atoms with E-state index in [1.807, 2.05) is 0 Å². The molecular formula is C12H16F2N2O. The zero-order valence-electron chi connectivity index (χ0n) is 9.59. The van der Waals surface area contributed by atoms with Crippen molar-refractivity contribution in [1.82, 2.24) is 10.2 Å². The number of ether oxygens (including phenoxy) is 1. The molecule has 1 aromatic rings. The van der Waals surface area contributed by atoms with Gasteiger partial charge >= 0.3 is 0 Å². The fourth-order valence-electron chi connectivity index (χ4n) is 1.79. The predicted molar refractivity (Wildman–Crippen MR) is 61.2 cm³/mol. The Kier molecular flexibility index (Phi) is 4.28. The minimum absolute atomic E-state index is 0.374. The number of piperazine rings is 1. The molecule has 1 aliphatic heterocycles. The van der Waals surface area contributed by atoms with Gasteiger partial charge in [-0.2, -0.15) is 0 Å². The highest BCUT2D eigenvalue weighted by Gasteiger charge is 2.09.